The van der Waals surface area contributed by atoms with Crippen molar-refractivity contribution in [1.82, 2.24) is 19.6 Å². The molecule has 1 amide bonds. The van der Waals surface area contributed by atoms with Crippen LogP contribution in [-0.4, -0.2) is 111 Å². The maximum Gasteiger partial charge on any atom is 0.297 e. The topological polar surface area (TPSA) is 194 Å². The lowest BCUT2D eigenvalue weighted by atomic mass is 9.59. The molecule has 1 spiro atoms. The van der Waals surface area contributed by atoms with Crippen LogP contribution in [0.15, 0.2) is 77.8 Å². The SMILES string of the molecule is CCc1ccccc1[C@@H]1CCCN1C1CC2(CCN(c3ccc(C(=O)NS(=O)(=O)c4cc5c(c([N+](=O)[O-])c4)N[C@@H](C4CCOCC4)CO5)c(N4c5cc6cc[nH]c6nc5O[C@@H]5COC[C@@H]54)c3)CC2)C1. The first-order chi connectivity index (χ1) is 33.5. The number of sulfonamides is 1. The van der Waals surface area contributed by atoms with Crippen LogP contribution in [-0.2, 0) is 25.9 Å². The number of piperidine rings is 1. The van der Waals surface area contributed by atoms with Crippen molar-refractivity contribution in [3.8, 4) is 11.6 Å². The molecule has 8 heterocycles. The van der Waals surface area contributed by atoms with Crippen LogP contribution in [0, 0.1) is 21.4 Å². The van der Waals surface area contributed by atoms with E-state index in [0.29, 0.717) is 66.8 Å². The first-order valence-corrected chi connectivity index (χ1v) is 26.1. The third-order valence-electron chi connectivity index (χ3n) is 16.3. The summed E-state index contributed by atoms with van der Waals surface area (Å²) < 4.78 is 54.8. The van der Waals surface area contributed by atoms with Gasteiger partial charge in [-0.05, 0) is 117 Å². The molecule has 4 saturated heterocycles. The number of pyridine rings is 1. The van der Waals surface area contributed by atoms with Crippen molar-refractivity contribution in [1.29, 1.82) is 0 Å². The van der Waals surface area contributed by atoms with Crippen LogP contribution in [0.25, 0.3) is 11.0 Å². The van der Waals surface area contributed by atoms with E-state index in [1.807, 2.05) is 29.2 Å². The number of rotatable bonds is 10. The zero-order chi connectivity index (χ0) is 47.0. The Morgan fingerprint density at radius 3 is 2.59 bits per heavy atom. The number of ether oxygens (including phenoxy) is 4. The lowest BCUT2D eigenvalue weighted by Crippen LogP contribution is -2.55. The average molecular weight is 959 g/mol. The van der Waals surface area contributed by atoms with Gasteiger partial charge in [-0.2, -0.15) is 4.98 Å². The van der Waals surface area contributed by atoms with Crippen molar-refractivity contribution in [2.45, 2.75) is 99.9 Å². The number of hydrogen-bond acceptors (Lipinski definition) is 14. The summed E-state index contributed by atoms with van der Waals surface area (Å²) in [5.74, 6) is -0.318. The number of fused-ring (bicyclic) bond motifs is 4. The number of nitrogens with zero attached hydrogens (tertiary/aromatic N) is 5. The molecule has 3 aromatic carbocycles. The Morgan fingerprint density at radius 1 is 0.957 bits per heavy atom. The van der Waals surface area contributed by atoms with Gasteiger partial charge in [0.25, 0.3) is 21.6 Å². The van der Waals surface area contributed by atoms with E-state index in [1.165, 1.54) is 42.9 Å². The number of nitrogens with one attached hydrogen (secondary N) is 3. The summed E-state index contributed by atoms with van der Waals surface area (Å²) in [6.45, 7) is 7.09. The molecule has 12 rings (SSSR count). The summed E-state index contributed by atoms with van der Waals surface area (Å²) in [6.07, 6.45) is 10.9. The highest BCUT2D eigenvalue weighted by Gasteiger charge is 2.50. The molecule has 3 N–H and O–H groups in total. The van der Waals surface area contributed by atoms with Crippen LogP contribution in [0.3, 0.4) is 0 Å². The molecule has 69 heavy (non-hydrogen) atoms. The zero-order valence-corrected chi connectivity index (χ0v) is 39.5. The second kappa shape index (κ2) is 17.5. The van der Waals surface area contributed by atoms with E-state index in [-0.39, 0.29) is 41.6 Å². The van der Waals surface area contributed by atoms with Crippen LogP contribution < -0.4 is 29.3 Å². The summed E-state index contributed by atoms with van der Waals surface area (Å²) in [4.78, 5) is 41.3. The number of carbonyl (C=O) groups is 1. The van der Waals surface area contributed by atoms with Gasteiger partial charge in [-0.3, -0.25) is 19.8 Å². The summed E-state index contributed by atoms with van der Waals surface area (Å²) in [5.41, 5.74) is 5.66. The Kier molecular flexibility index (Phi) is 11.2. The fourth-order valence-electron chi connectivity index (χ4n) is 12.5. The third kappa shape index (κ3) is 7.92. The Morgan fingerprint density at radius 2 is 1.78 bits per heavy atom. The molecule has 0 unspecified atom stereocenters. The van der Waals surface area contributed by atoms with Gasteiger partial charge in [0.05, 0.1) is 46.4 Å². The van der Waals surface area contributed by atoms with Crippen molar-refractivity contribution in [2.75, 3.05) is 67.8 Å². The monoisotopic (exact) mass is 958 g/mol. The van der Waals surface area contributed by atoms with Gasteiger partial charge in [-0.15, -0.1) is 0 Å². The van der Waals surface area contributed by atoms with Crippen molar-refractivity contribution >= 4 is 55.4 Å². The lowest BCUT2D eigenvalue weighted by molar-refractivity contribution is -0.384. The largest absolute Gasteiger partial charge is 0.489 e. The molecule has 362 valence electrons. The highest BCUT2D eigenvalue weighted by atomic mass is 32.2. The van der Waals surface area contributed by atoms with Crippen LogP contribution in [0.2, 0.25) is 0 Å². The molecule has 2 aromatic heterocycles. The zero-order valence-electron chi connectivity index (χ0n) is 38.7. The minimum Gasteiger partial charge on any atom is -0.489 e. The van der Waals surface area contributed by atoms with Gasteiger partial charge in [-0.25, -0.2) is 13.1 Å². The predicted octanol–water partition coefficient (Wildman–Crippen LogP) is 7.64. The molecular formula is C51H58N8O9S. The van der Waals surface area contributed by atoms with Gasteiger partial charge >= 0.3 is 0 Å². The maximum atomic E-state index is 14.7. The summed E-state index contributed by atoms with van der Waals surface area (Å²) in [7, 11) is -4.68. The Bertz CT molecular complexity index is 2930. The molecule has 1 saturated carbocycles. The number of nitro benzene ring substituents is 1. The predicted molar refractivity (Wildman–Crippen MR) is 259 cm³/mol. The quantitative estimate of drug-likeness (QED) is 0.0914. The first-order valence-electron chi connectivity index (χ1n) is 24.7. The van der Waals surface area contributed by atoms with Crippen molar-refractivity contribution in [3.05, 3.63) is 99.7 Å². The molecule has 6 aliphatic heterocycles. The number of anilines is 4. The molecule has 18 heteroatoms. The molecule has 5 aromatic rings. The molecule has 4 atom stereocenters. The minimum atomic E-state index is -4.68. The normalized spacial score (nSPS) is 24.7. The second-order valence-corrected chi connectivity index (χ2v) is 21.8. The van der Waals surface area contributed by atoms with Crippen molar-refractivity contribution < 1.29 is 37.1 Å². The van der Waals surface area contributed by atoms with Gasteiger partial charge in [-0.1, -0.05) is 31.2 Å². The second-order valence-electron chi connectivity index (χ2n) is 20.1. The Balaban J connectivity index is 0.834. The van der Waals surface area contributed by atoms with E-state index in [4.69, 9.17) is 23.9 Å². The first kappa shape index (κ1) is 44.3. The van der Waals surface area contributed by atoms with E-state index in [1.54, 1.807) is 12.3 Å². The molecule has 7 aliphatic rings. The summed E-state index contributed by atoms with van der Waals surface area (Å²) >= 11 is 0. The fourth-order valence-corrected chi connectivity index (χ4v) is 13.5. The number of aromatic nitrogens is 2. The lowest BCUT2D eigenvalue weighted by Gasteiger charge is -2.56. The van der Waals surface area contributed by atoms with E-state index in [9.17, 15) is 23.3 Å². The molecule has 1 aliphatic carbocycles. The number of H-pyrrole nitrogens is 1. The number of amides is 1. The molecule has 0 bridgehead atoms. The van der Waals surface area contributed by atoms with Crippen LogP contribution in [0.1, 0.15) is 85.8 Å². The summed E-state index contributed by atoms with van der Waals surface area (Å²) in [5, 5.41) is 16.6. The van der Waals surface area contributed by atoms with E-state index < -0.39 is 37.5 Å². The molecular weight excluding hydrogens is 901 g/mol. The number of hydrogen-bond donors (Lipinski definition) is 3. The van der Waals surface area contributed by atoms with Gasteiger partial charge < -0.3 is 39.0 Å². The molecule has 17 nitrogen and oxygen atoms in total. The number of benzene rings is 3. The smallest absolute Gasteiger partial charge is 0.297 e. The van der Waals surface area contributed by atoms with Gasteiger partial charge in [0.15, 0.2) is 11.4 Å². The standard InChI is InChI=1S/C51H58N8O9S/c1-2-31-6-3-4-7-37(31)40-8-5-17-57(40)35-26-51(27-35)14-18-56(19-15-51)34-9-10-38(41(23-34)58-43-22-33-11-16-52-48(33)54-50(43)68-46-30-66-29-44(46)58)49(60)55-69(63,64)36-24-42(59(61)62)47-45(25-36)67-28-39(53-47)32-12-20-65-21-13-32/h3-4,6-7,9-11,16,22-25,32,35,39-40,44,46,53H,2,5,8,12-15,17-21,26-30H2,1H3,(H,52,54)(H,55,60)/t39-,40+,44+,46-/m1/s1. The number of carbonyl (C=O) groups excluding carboxylic acids is 1. The van der Waals surface area contributed by atoms with E-state index in [2.05, 4.69) is 56.0 Å². The van der Waals surface area contributed by atoms with E-state index >= 15 is 0 Å². The van der Waals surface area contributed by atoms with Crippen LogP contribution in [0.5, 0.6) is 11.6 Å². The number of likely N-dealkylation sites (tertiary alicyclic amines) is 1. The number of aromatic amines is 1. The van der Waals surface area contributed by atoms with Gasteiger partial charge in [0.1, 0.15) is 24.0 Å². The number of nitro groups is 1. The minimum absolute atomic E-state index is 0.0323. The highest BCUT2D eigenvalue weighted by Crippen LogP contribution is 2.55. The van der Waals surface area contributed by atoms with Crippen molar-refractivity contribution in [3.63, 3.8) is 0 Å². The molecule has 5 fully saturated rings. The van der Waals surface area contributed by atoms with E-state index in [0.717, 1.165) is 68.9 Å². The Hall–Kier alpha value is -5.95. The van der Waals surface area contributed by atoms with Gasteiger partial charge in [0, 0.05) is 67.8 Å². The number of aryl methyl sites for hydroxylation is 1. The summed E-state index contributed by atoms with van der Waals surface area (Å²) in [6, 6.07) is 21.1. The van der Waals surface area contributed by atoms with Crippen LogP contribution in [0.4, 0.5) is 28.4 Å². The van der Waals surface area contributed by atoms with Crippen molar-refractivity contribution in [2.24, 2.45) is 11.3 Å². The van der Waals surface area contributed by atoms with Gasteiger partial charge in [0.2, 0.25) is 5.88 Å². The Labute approximate surface area is 401 Å². The maximum absolute atomic E-state index is 14.7. The fraction of sp³-hybridized carbons (Fsp3) is 0.490. The average Bonchev–Trinajstić information content (AvgIpc) is 4.16. The third-order valence-corrected chi connectivity index (χ3v) is 17.6. The van der Waals surface area contributed by atoms with Crippen LogP contribution >= 0.6 is 0 Å². The highest BCUT2D eigenvalue weighted by molar-refractivity contribution is 7.90. The molecule has 0 radical (unpaired) electrons.